The Morgan fingerprint density at radius 3 is 2.73 bits per heavy atom. The van der Waals surface area contributed by atoms with Gasteiger partial charge >= 0.3 is 0 Å². The zero-order chi connectivity index (χ0) is 18.3. The van der Waals surface area contributed by atoms with Crippen LogP contribution in [0.15, 0.2) is 36.7 Å². The summed E-state index contributed by atoms with van der Waals surface area (Å²) in [5.41, 5.74) is -0.483. The van der Waals surface area contributed by atoms with Crippen molar-refractivity contribution >= 4 is 11.6 Å². The van der Waals surface area contributed by atoms with Gasteiger partial charge in [0.1, 0.15) is 17.2 Å². The second-order valence-corrected chi connectivity index (χ2v) is 7.42. The van der Waals surface area contributed by atoms with Crippen LogP contribution in [0.4, 0.5) is 10.1 Å². The third-order valence-corrected chi connectivity index (χ3v) is 5.59. The molecule has 2 saturated heterocycles. The quantitative estimate of drug-likeness (QED) is 0.877. The number of imidazole rings is 1. The molecule has 2 fully saturated rings. The third kappa shape index (κ3) is 3.12. The number of hydrogen-bond donors (Lipinski definition) is 2. The molecule has 2 N–H and O–H groups in total. The highest BCUT2D eigenvalue weighted by Gasteiger charge is 2.50. The standard InChI is InChI=1S/C19H23FN4O2/c1-23-8-7-21-18(23)19(26)10-15-5-6-16(11-19)24(15)12-17(25)22-14-4-2-3-13(20)9-14/h2-4,7-9,15-16,26H,5-6,10-12H2,1H3,(H,22,25). The van der Waals surface area contributed by atoms with Crippen LogP contribution in [0.25, 0.3) is 0 Å². The number of fused-ring (bicyclic) bond motifs is 2. The number of hydrogen-bond acceptors (Lipinski definition) is 4. The Bertz CT molecular complexity index is 807. The molecule has 2 bridgehead atoms. The van der Waals surface area contributed by atoms with Crippen LogP contribution in [0.5, 0.6) is 0 Å². The molecule has 2 aromatic rings. The minimum atomic E-state index is -0.945. The maximum absolute atomic E-state index is 13.3. The van der Waals surface area contributed by atoms with Crippen molar-refractivity contribution in [3.05, 3.63) is 48.3 Å². The molecule has 138 valence electrons. The van der Waals surface area contributed by atoms with E-state index in [-0.39, 0.29) is 30.4 Å². The fourth-order valence-corrected chi connectivity index (χ4v) is 4.50. The first-order chi connectivity index (χ1) is 12.4. The highest BCUT2D eigenvalue weighted by Crippen LogP contribution is 2.44. The number of aliphatic hydroxyl groups is 1. The van der Waals surface area contributed by atoms with Gasteiger partial charge in [0.15, 0.2) is 0 Å². The molecule has 3 heterocycles. The van der Waals surface area contributed by atoms with Crippen molar-refractivity contribution < 1.29 is 14.3 Å². The van der Waals surface area contributed by atoms with Gasteiger partial charge in [-0.3, -0.25) is 9.69 Å². The number of benzene rings is 1. The van der Waals surface area contributed by atoms with E-state index in [1.54, 1.807) is 18.3 Å². The summed E-state index contributed by atoms with van der Waals surface area (Å²) in [6.45, 7) is 0.252. The Morgan fingerprint density at radius 2 is 2.12 bits per heavy atom. The predicted molar refractivity (Wildman–Crippen MR) is 94.9 cm³/mol. The fourth-order valence-electron chi connectivity index (χ4n) is 4.50. The molecule has 4 rings (SSSR count). The molecule has 2 aliphatic heterocycles. The normalized spacial score (nSPS) is 28.3. The number of piperidine rings is 1. The van der Waals surface area contributed by atoms with E-state index in [1.165, 1.54) is 12.1 Å². The van der Waals surface area contributed by atoms with Crippen LogP contribution in [0.2, 0.25) is 0 Å². The Labute approximate surface area is 151 Å². The Balaban J connectivity index is 1.44. The Kier molecular flexibility index (Phi) is 4.28. The SMILES string of the molecule is Cn1ccnc1C1(O)CC2CCC(C1)N2CC(=O)Nc1cccc(F)c1. The molecule has 2 unspecified atom stereocenters. The molecule has 7 heteroatoms. The van der Waals surface area contributed by atoms with Gasteiger partial charge in [-0.25, -0.2) is 9.37 Å². The first-order valence-corrected chi connectivity index (χ1v) is 8.96. The first kappa shape index (κ1) is 17.2. The van der Waals surface area contributed by atoms with Crippen LogP contribution >= 0.6 is 0 Å². The maximum atomic E-state index is 13.3. The molecular formula is C19H23FN4O2. The summed E-state index contributed by atoms with van der Waals surface area (Å²) in [6.07, 6.45) is 6.61. The third-order valence-electron chi connectivity index (χ3n) is 5.59. The van der Waals surface area contributed by atoms with E-state index >= 15 is 0 Å². The lowest BCUT2D eigenvalue weighted by Crippen LogP contribution is -2.52. The zero-order valence-corrected chi connectivity index (χ0v) is 14.7. The van der Waals surface area contributed by atoms with Crippen molar-refractivity contribution in [2.45, 2.75) is 43.4 Å². The highest BCUT2D eigenvalue weighted by atomic mass is 19.1. The Morgan fingerprint density at radius 1 is 1.38 bits per heavy atom. The van der Waals surface area contributed by atoms with Gasteiger partial charge in [-0.05, 0) is 43.9 Å². The number of rotatable bonds is 4. The molecule has 0 spiro atoms. The summed E-state index contributed by atoms with van der Waals surface area (Å²) >= 11 is 0. The predicted octanol–water partition coefficient (Wildman–Crippen LogP) is 2.01. The van der Waals surface area contributed by atoms with Crippen molar-refractivity contribution in [3.63, 3.8) is 0 Å². The van der Waals surface area contributed by atoms with Gasteiger partial charge in [0.05, 0.1) is 6.54 Å². The molecule has 2 atom stereocenters. The van der Waals surface area contributed by atoms with E-state index in [1.807, 2.05) is 17.8 Å². The van der Waals surface area contributed by atoms with Crippen LogP contribution < -0.4 is 5.32 Å². The molecule has 0 aliphatic carbocycles. The number of halogens is 1. The molecule has 1 aromatic carbocycles. The molecule has 1 aromatic heterocycles. The molecule has 6 nitrogen and oxygen atoms in total. The first-order valence-electron chi connectivity index (χ1n) is 8.96. The van der Waals surface area contributed by atoms with Crippen molar-refractivity contribution in [1.82, 2.24) is 14.5 Å². The molecule has 26 heavy (non-hydrogen) atoms. The van der Waals surface area contributed by atoms with Crippen LogP contribution in [0, 0.1) is 5.82 Å². The summed E-state index contributed by atoms with van der Waals surface area (Å²) in [4.78, 5) is 18.9. The van der Waals surface area contributed by atoms with E-state index in [9.17, 15) is 14.3 Å². The largest absolute Gasteiger partial charge is 0.382 e. The monoisotopic (exact) mass is 358 g/mol. The minimum Gasteiger partial charge on any atom is -0.382 e. The highest BCUT2D eigenvalue weighted by molar-refractivity contribution is 5.92. The van der Waals surface area contributed by atoms with E-state index in [2.05, 4.69) is 15.2 Å². The number of nitrogens with one attached hydrogen (secondary N) is 1. The van der Waals surface area contributed by atoms with Gasteiger partial charge in [-0.15, -0.1) is 0 Å². The van der Waals surface area contributed by atoms with Gasteiger partial charge < -0.3 is 15.0 Å². The van der Waals surface area contributed by atoms with Gasteiger partial charge in [-0.1, -0.05) is 6.07 Å². The van der Waals surface area contributed by atoms with Gasteiger partial charge in [0.2, 0.25) is 5.91 Å². The van der Waals surface area contributed by atoms with Crippen molar-refractivity contribution in [1.29, 1.82) is 0 Å². The molecular weight excluding hydrogens is 335 g/mol. The maximum Gasteiger partial charge on any atom is 0.238 e. The van der Waals surface area contributed by atoms with Crippen LogP contribution in [0.3, 0.4) is 0 Å². The minimum absolute atomic E-state index is 0.147. The van der Waals surface area contributed by atoms with Crippen LogP contribution in [0.1, 0.15) is 31.5 Å². The average Bonchev–Trinajstić information content (AvgIpc) is 3.10. The number of carbonyl (C=O) groups excluding carboxylic acids is 1. The molecule has 0 radical (unpaired) electrons. The van der Waals surface area contributed by atoms with Gasteiger partial charge in [-0.2, -0.15) is 0 Å². The van der Waals surface area contributed by atoms with E-state index < -0.39 is 5.60 Å². The number of amides is 1. The van der Waals surface area contributed by atoms with Gasteiger partial charge in [0, 0.05) is 37.2 Å². The number of nitrogens with zero attached hydrogens (tertiary/aromatic N) is 3. The van der Waals surface area contributed by atoms with Gasteiger partial charge in [0.25, 0.3) is 0 Å². The van der Waals surface area contributed by atoms with E-state index in [0.29, 0.717) is 24.4 Å². The van der Waals surface area contributed by atoms with Crippen LogP contribution in [-0.4, -0.2) is 44.1 Å². The average molecular weight is 358 g/mol. The lowest BCUT2D eigenvalue weighted by atomic mass is 9.85. The zero-order valence-electron chi connectivity index (χ0n) is 14.7. The van der Waals surface area contributed by atoms with Crippen molar-refractivity contribution in [2.24, 2.45) is 7.05 Å². The lowest BCUT2D eigenvalue weighted by Gasteiger charge is -2.43. The van der Waals surface area contributed by atoms with E-state index in [4.69, 9.17) is 0 Å². The molecule has 2 aliphatic rings. The smallest absolute Gasteiger partial charge is 0.238 e. The topological polar surface area (TPSA) is 70.4 Å². The number of anilines is 1. The summed E-state index contributed by atoms with van der Waals surface area (Å²) in [6, 6.07) is 6.19. The lowest BCUT2D eigenvalue weighted by molar-refractivity contribution is -0.121. The molecule has 1 amide bonds. The van der Waals surface area contributed by atoms with Crippen molar-refractivity contribution in [2.75, 3.05) is 11.9 Å². The second-order valence-electron chi connectivity index (χ2n) is 7.42. The van der Waals surface area contributed by atoms with E-state index in [0.717, 1.165) is 12.8 Å². The summed E-state index contributed by atoms with van der Waals surface area (Å²) in [7, 11) is 1.89. The van der Waals surface area contributed by atoms with Crippen LogP contribution in [-0.2, 0) is 17.4 Å². The summed E-state index contributed by atoms with van der Waals surface area (Å²) in [5.74, 6) is 0.161. The summed E-state index contributed by atoms with van der Waals surface area (Å²) < 4.78 is 15.1. The second kappa shape index (κ2) is 6.48. The molecule has 0 saturated carbocycles. The summed E-state index contributed by atoms with van der Waals surface area (Å²) in [5, 5.41) is 13.9. The van der Waals surface area contributed by atoms with Crippen molar-refractivity contribution in [3.8, 4) is 0 Å². The number of aryl methyl sites for hydroxylation is 1. The number of carbonyl (C=O) groups is 1. The fraction of sp³-hybridized carbons (Fsp3) is 0.474. The Hall–Kier alpha value is -2.25. The number of aromatic nitrogens is 2.